The summed E-state index contributed by atoms with van der Waals surface area (Å²) in [5.41, 5.74) is 6.49. The van der Waals surface area contributed by atoms with Gasteiger partial charge in [0.1, 0.15) is 16.8 Å². The summed E-state index contributed by atoms with van der Waals surface area (Å²) >= 11 is 5.68. The summed E-state index contributed by atoms with van der Waals surface area (Å²) in [5.74, 6) is 1.14. The highest BCUT2D eigenvalue weighted by Gasteiger charge is 2.01. The Bertz CT molecular complexity index is 454. The highest BCUT2D eigenvalue weighted by atomic mass is 35.5. The van der Waals surface area contributed by atoms with Gasteiger partial charge in [-0.05, 0) is 0 Å². The number of aromatic nitrogens is 4. The van der Waals surface area contributed by atoms with E-state index in [0.717, 1.165) is 5.56 Å². The monoisotopic (exact) mass is 224 g/mol. The fraction of sp³-hybridized carbons (Fsp3) is 0.125. The maximum absolute atomic E-state index is 5.68. The molecule has 6 nitrogen and oxygen atoms in total. The number of H-pyrrole nitrogens is 1. The Morgan fingerprint density at radius 2 is 2.27 bits per heavy atom. The summed E-state index contributed by atoms with van der Waals surface area (Å²) in [6.07, 6.45) is 4.71. The smallest absolute Gasteiger partial charge is 0.149 e. The third kappa shape index (κ3) is 2.35. The van der Waals surface area contributed by atoms with E-state index in [1.807, 2.05) is 0 Å². The second-order valence-electron chi connectivity index (χ2n) is 2.89. The molecule has 4 N–H and O–H groups in total. The van der Waals surface area contributed by atoms with Crippen LogP contribution in [0.5, 0.6) is 0 Å². The summed E-state index contributed by atoms with van der Waals surface area (Å²) in [6.45, 7) is 0.525. The maximum atomic E-state index is 5.68. The van der Waals surface area contributed by atoms with Gasteiger partial charge in [0.15, 0.2) is 0 Å². The molecule has 0 saturated carbocycles. The molecule has 2 heterocycles. The molecule has 78 valence electrons. The molecule has 15 heavy (non-hydrogen) atoms. The van der Waals surface area contributed by atoms with Gasteiger partial charge in [-0.25, -0.2) is 4.98 Å². The van der Waals surface area contributed by atoms with Crippen molar-refractivity contribution in [1.82, 2.24) is 20.2 Å². The topological polar surface area (TPSA) is 92.5 Å². The summed E-state index contributed by atoms with van der Waals surface area (Å²) in [7, 11) is 0. The Morgan fingerprint density at radius 3 is 2.93 bits per heavy atom. The molecule has 0 aromatic carbocycles. The van der Waals surface area contributed by atoms with Gasteiger partial charge in [-0.3, -0.25) is 10.1 Å². The van der Waals surface area contributed by atoms with Crippen molar-refractivity contribution in [3.05, 3.63) is 29.3 Å². The first kappa shape index (κ1) is 9.72. The quantitative estimate of drug-likeness (QED) is 0.725. The number of nitrogens with zero attached hydrogens (tertiary/aromatic N) is 3. The van der Waals surface area contributed by atoms with Crippen molar-refractivity contribution in [2.75, 3.05) is 11.1 Å². The molecule has 0 spiro atoms. The lowest BCUT2D eigenvalue weighted by atomic mass is 10.3. The van der Waals surface area contributed by atoms with Crippen LogP contribution in [0.15, 0.2) is 18.6 Å². The standard InChI is InChI=1S/C8H9ClN6/c9-6-3-11-4-7(14-6)12-1-5-2-13-15-8(5)10/h2-4H,1H2,(H,12,14)(H3,10,13,15). The van der Waals surface area contributed by atoms with Crippen molar-refractivity contribution in [3.8, 4) is 0 Å². The molecular formula is C8H9ClN6. The highest BCUT2D eigenvalue weighted by Crippen LogP contribution is 2.10. The molecule has 0 unspecified atom stereocenters. The van der Waals surface area contributed by atoms with E-state index in [1.165, 1.54) is 6.20 Å². The molecule has 2 aromatic rings. The Balaban J connectivity index is 2.02. The Morgan fingerprint density at radius 1 is 1.40 bits per heavy atom. The number of anilines is 2. The van der Waals surface area contributed by atoms with Gasteiger partial charge < -0.3 is 11.1 Å². The maximum Gasteiger partial charge on any atom is 0.149 e. The molecule has 0 amide bonds. The SMILES string of the molecule is Nc1[nH]ncc1CNc1cncc(Cl)n1. The fourth-order valence-electron chi connectivity index (χ4n) is 1.08. The summed E-state index contributed by atoms with van der Waals surface area (Å²) in [5, 5.41) is 9.82. The third-order valence-corrected chi connectivity index (χ3v) is 2.00. The van der Waals surface area contributed by atoms with Gasteiger partial charge in [-0.1, -0.05) is 11.6 Å². The zero-order chi connectivity index (χ0) is 10.7. The Kier molecular flexibility index (Phi) is 2.68. The van der Waals surface area contributed by atoms with E-state index in [1.54, 1.807) is 12.4 Å². The minimum Gasteiger partial charge on any atom is -0.384 e. The lowest BCUT2D eigenvalue weighted by Crippen LogP contribution is -2.03. The van der Waals surface area contributed by atoms with Crippen LogP contribution in [0.3, 0.4) is 0 Å². The van der Waals surface area contributed by atoms with Crippen LogP contribution in [-0.4, -0.2) is 20.2 Å². The second kappa shape index (κ2) is 4.14. The molecule has 2 rings (SSSR count). The molecule has 0 aliphatic rings. The zero-order valence-electron chi connectivity index (χ0n) is 7.74. The minimum absolute atomic E-state index is 0.347. The van der Waals surface area contributed by atoms with E-state index in [0.29, 0.717) is 23.3 Å². The average molecular weight is 225 g/mol. The van der Waals surface area contributed by atoms with Gasteiger partial charge in [0.25, 0.3) is 0 Å². The number of nitrogens with two attached hydrogens (primary N) is 1. The average Bonchev–Trinajstić information content (AvgIpc) is 2.61. The van der Waals surface area contributed by atoms with Gasteiger partial charge >= 0.3 is 0 Å². The largest absolute Gasteiger partial charge is 0.384 e. The van der Waals surface area contributed by atoms with Crippen molar-refractivity contribution in [1.29, 1.82) is 0 Å². The van der Waals surface area contributed by atoms with Crippen LogP contribution in [0.4, 0.5) is 11.6 Å². The first-order chi connectivity index (χ1) is 7.25. The third-order valence-electron chi connectivity index (χ3n) is 1.82. The first-order valence-electron chi connectivity index (χ1n) is 4.25. The number of halogens is 1. The number of nitrogen functional groups attached to an aromatic ring is 1. The molecule has 0 aliphatic heterocycles. The normalized spacial score (nSPS) is 10.2. The number of hydrogen-bond acceptors (Lipinski definition) is 5. The number of hydrogen-bond donors (Lipinski definition) is 3. The van der Waals surface area contributed by atoms with Crippen LogP contribution in [0.2, 0.25) is 5.15 Å². The summed E-state index contributed by atoms with van der Waals surface area (Å²) in [4.78, 5) is 7.92. The number of rotatable bonds is 3. The predicted octanol–water partition coefficient (Wildman–Crippen LogP) is 1.05. The van der Waals surface area contributed by atoms with Crippen LogP contribution in [0.25, 0.3) is 0 Å². The van der Waals surface area contributed by atoms with Gasteiger partial charge in [-0.2, -0.15) is 5.10 Å². The van der Waals surface area contributed by atoms with E-state index in [9.17, 15) is 0 Å². The van der Waals surface area contributed by atoms with E-state index >= 15 is 0 Å². The summed E-state index contributed by atoms with van der Waals surface area (Å²) in [6, 6.07) is 0. The molecule has 0 fully saturated rings. The predicted molar refractivity (Wildman–Crippen MR) is 57.4 cm³/mol. The highest BCUT2D eigenvalue weighted by molar-refractivity contribution is 6.29. The molecule has 0 atom stereocenters. The second-order valence-corrected chi connectivity index (χ2v) is 3.28. The van der Waals surface area contributed by atoms with Crippen molar-refractivity contribution < 1.29 is 0 Å². The van der Waals surface area contributed by atoms with Crippen LogP contribution in [-0.2, 0) is 6.54 Å². The van der Waals surface area contributed by atoms with Crippen LogP contribution in [0.1, 0.15) is 5.56 Å². The lowest BCUT2D eigenvalue weighted by molar-refractivity contribution is 1.09. The van der Waals surface area contributed by atoms with Crippen LogP contribution < -0.4 is 11.1 Å². The van der Waals surface area contributed by atoms with Crippen molar-refractivity contribution in [2.24, 2.45) is 0 Å². The summed E-state index contributed by atoms with van der Waals surface area (Å²) < 4.78 is 0. The van der Waals surface area contributed by atoms with Crippen molar-refractivity contribution in [2.45, 2.75) is 6.54 Å². The van der Waals surface area contributed by atoms with Gasteiger partial charge in [0.05, 0.1) is 18.6 Å². The van der Waals surface area contributed by atoms with Gasteiger partial charge in [0.2, 0.25) is 0 Å². The molecule has 0 radical (unpaired) electrons. The first-order valence-corrected chi connectivity index (χ1v) is 4.62. The molecule has 2 aromatic heterocycles. The van der Waals surface area contributed by atoms with Crippen LogP contribution in [0, 0.1) is 0 Å². The lowest BCUT2D eigenvalue weighted by Gasteiger charge is -2.03. The number of aromatic amines is 1. The zero-order valence-corrected chi connectivity index (χ0v) is 8.49. The van der Waals surface area contributed by atoms with Crippen LogP contribution >= 0.6 is 11.6 Å². The minimum atomic E-state index is 0.347. The van der Waals surface area contributed by atoms with E-state index < -0.39 is 0 Å². The van der Waals surface area contributed by atoms with E-state index in [-0.39, 0.29) is 0 Å². The fourth-order valence-corrected chi connectivity index (χ4v) is 1.22. The molecule has 7 heteroatoms. The van der Waals surface area contributed by atoms with Crippen molar-refractivity contribution >= 4 is 23.2 Å². The Labute approximate surface area is 90.9 Å². The Hall–Kier alpha value is -1.82. The number of nitrogens with one attached hydrogen (secondary N) is 2. The molecule has 0 saturated heterocycles. The van der Waals surface area contributed by atoms with Gasteiger partial charge in [0, 0.05) is 12.1 Å². The molecule has 0 bridgehead atoms. The van der Waals surface area contributed by atoms with E-state index in [4.69, 9.17) is 17.3 Å². The molecular weight excluding hydrogens is 216 g/mol. The van der Waals surface area contributed by atoms with Gasteiger partial charge in [-0.15, -0.1) is 0 Å². The molecule has 0 aliphatic carbocycles. The van der Waals surface area contributed by atoms with Crippen molar-refractivity contribution in [3.63, 3.8) is 0 Å². The van der Waals surface area contributed by atoms with E-state index in [2.05, 4.69) is 25.5 Å².